The van der Waals surface area contributed by atoms with Crippen LogP contribution in [0.3, 0.4) is 0 Å². The van der Waals surface area contributed by atoms with Gasteiger partial charge in [0.05, 0.1) is 15.4 Å². The molecule has 4 nitrogen and oxygen atoms in total. The number of halogens is 1. The zero-order valence-corrected chi connectivity index (χ0v) is 12.7. The molecule has 1 aliphatic rings. The van der Waals surface area contributed by atoms with E-state index in [4.69, 9.17) is 16.1 Å². The average Bonchev–Trinajstić information content (AvgIpc) is 3.08. The van der Waals surface area contributed by atoms with E-state index in [2.05, 4.69) is 10.1 Å². The summed E-state index contributed by atoms with van der Waals surface area (Å²) in [5, 5.41) is 13.1. The lowest BCUT2D eigenvalue weighted by molar-refractivity contribution is 0.127. The minimum Gasteiger partial charge on any atom is -0.396 e. The van der Waals surface area contributed by atoms with Crippen LogP contribution in [0.1, 0.15) is 18.4 Å². The molecule has 2 aromatic rings. The molecule has 3 rings (SSSR count). The van der Waals surface area contributed by atoms with Gasteiger partial charge < -0.3 is 9.63 Å². The van der Waals surface area contributed by atoms with E-state index in [1.165, 1.54) is 11.3 Å². The highest BCUT2D eigenvalue weighted by molar-refractivity contribution is 7.19. The van der Waals surface area contributed by atoms with E-state index in [1.54, 1.807) is 6.20 Å². The molecule has 0 aliphatic carbocycles. The van der Waals surface area contributed by atoms with Crippen molar-refractivity contribution in [3.63, 3.8) is 0 Å². The monoisotopic (exact) mass is 312 g/mol. The molecule has 0 radical (unpaired) electrons. The molecule has 2 aromatic heterocycles. The van der Waals surface area contributed by atoms with Crippen molar-refractivity contribution in [3.8, 4) is 10.6 Å². The van der Waals surface area contributed by atoms with E-state index >= 15 is 0 Å². The van der Waals surface area contributed by atoms with Gasteiger partial charge in [-0.1, -0.05) is 16.8 Å². The Labute approximate surface area is 127 Å². The Balaban J connectivity index is 1.68. The summed E-state index contributed by atoms with van der Waals surface area (Å²) in [6, 6.07) is 3.84. The predicted octanol–water partition coefficient (Wildman–Crippen LogP) is 3.26. The quantitative estimate of drug-likeness (QED) is 0.941. The molecule has 6 heteroatoms. The SMILES string of the molecule is OCC1CCN(Cc2cnoc2-c2ccc(Cl)s2)CC1. The fraction of sp³-hybridized carbons (Fsp3) is 0.500. The molecule has 0 saturated carbocycles. The van der Waals surface area contributed by atoms with Gasteiger partial charge >= 0.3 is 0 Å². The number of aliphatic hydroxyl groups is 1. The van der Waals surface area contributed by atoms with Crippen LogP contribution in [-0.2, 0) is 6.54 Å². The van der Waals surface area contributed by atoms with Gasteiger partial charge in [0.1, 0.15) is 0 Å². The summed E-state index contributed by atoms with van der Waals surface area (Å²) in [5.41, 5.74) is 1.10. The smallest absolute Gasteiger partial charge is 0.181 e. The van der Waals surface area contributed by atoms with Crippen molar-refractivity contribution < 1.29 is 9.63 Å². The first-order valence-corrected chi connectivity index (χ1v) is 7.98. The van der Waals surface area contributed by atoms with Crippen LogP contribution in [0.15, 0.2) is 22.9 Å². The van der Waals surface area contributed by atoms with Crippen LogP contribution >= 0.6 is 22.9 Å². The molecular formula is C14H17ClN2O2S. The van der Waals surface area contributed by atoms with Crippen molar-refractivity contribution >= 4 is 22.9 Å². The summed E-state index contributed by atoms with van der Waals surface area (Å²) in [6.07, 6.45) is 3.91. The van der Waals surface area contributed by atoms with E-state index in [-0.39, 0.29) is 0 Å². The third-order valence-electron chi connectivity index (χ3n) is 3.80. The van der Waals surface area contributed by atoms with Gasteiger partial charge in [0.15, 0.2) is 5.76 Å². The molecule has 0 bridgehead atoms. The maximum absolute atomic E-state index is 9.17. The van der Waals surface area contributed by atoms with Gasteiger partial charge in [-0.25, -0.2) is 0 Å². The molecule has 0 unspecified atom stereocenters. The Bertz CT molecular complexity index is 561. The third-order valence-corrected chi connectivity index (χ3v) is 5.03. The molecule has 0 atom stereocenters. The Morgan fingerprint density at radius 1 is 1.40 bits per heavy atom. The lowest BCUT2D eigenvalue weighted by Crippen LogP contribution is -2.34. The van der Waals surface area contributed by atoms with Gasteiger partial charge in [0.2, 0.25) is 0 Å². The second-order valence-corrected chi connectivity index (χ2v) is 6.90. The number of nitrogens with zero attached hydrogens (tertiary/aromatic N) is 2. The Morgan fingerprint density at radius 2 is 2.20 bits per heavy atom. The van der Waals surface area contributed by atoms with E-state index in [0.717, 1.165) is 53.0 Å². The van der Waals surface area contributed by atoms with Gasteiger partial charge in [0, 0.05) is 18.7 Å². The number of rotatable bonds is 4. The molecule has 20 heavy (non-hydrogen) atoms. The van der Waals surface area contributed by atoms with Crippen LogP contribution in [0.5, 0.6) is 0 Å². The summed E-state index contributed by atoms with van der Waals surface area (Å²) < 4.78 is 6.14. The normalized spacial score (nSPS) is 17.7. The van der Waals surface area contributed by atoms with Crippen LogP contribution in [-0.4, -0.2) is 34.9 Å². The van der Waals surface area contributed by atoms with Crippen molar-refractivity contribution in [3.05, 3.63) is 28.2 Å². The zero-order valence-electron chi connectivity index (χ0n) is 11.1. The van der Waals surface area contributed by atoms with Crippen molar-refractivity contribution in [2.24, 2.45) is 5.92 Å². The first kappa shape index (κ1) is 14.1. The second-order valence-electron chi connectivity index (χ2n) is 5.19. The molecule has 0 spiro atoms. The lowest BCUT2D eigenvalue weighted by atomic mass is 9.97. The number of thiophene rings is 1. The van der Waals surface area contributed by atoms with Gasteiger partial charge in [-0.2, -0.15) is 0 Å². The fourth-order valence-electron chi connectivity index (χ4n) is 2.58. The number of piperidine rings is 1. The van der Waals surface area contributed by atoms with E-state index in [9.17, 15) is 5.11 Å². The van der Waals surface area contributed by atoms with Crippen LogP contribution in [0.2, 0.25) is 4.34 Å². The summed E-state index contributed by atoms with van der Waals surface area (Å²) in [7, 11) is 0. The van der Waals surface area contributed by atoms with Crippen LogP contribution in [0, 0.1) is 5.92 Å². The summed E-state index contributed by atoms with van der Waals surface area (Å²) in [5.74, 6) is 1.29. The van der Waals surface area contributed by atoms with Crippen LogP contribution < -0.4 is 0 Å². The largest absolute Gasteiger partial charge is 0.396 e. The van der Waals surface area contributed by atoms with Crippen molar-refractivity contribution in [2.75, 3.05) is 19.7 Å². The highest BCUT2D eigenvalue weighted by Crippen LogP contribution is 2.33. The van der Waals surface area contributed by atoms with Crippen molar-refractivity contribution in [1.29, 1.82) is 0 Å². The molecule has 1 aliphatic heterocycles. The predicted molar refractivity (Wildman–Crippen MR) is 79.9 cm³/mol. The summed E-state index contributed by atoms with van der Waals surface area (Å²) >= 11 is 7.48. The van der Waals surface area contributed by atoms with Crippen LogP contribution in [0.4, 0.5) is 0 Å². The standard InChI is InChI=1S/C14H17ClN2O2S/c15-13-2-1-12(20-13)14-11(7-16-19-14)8-17-5-3-10(9-18)4-6-17/h1-2,7,10,18H,3-6,8-9H2. The third kappa shape index (κ3) is 3.06. The number of likely N-dealkylation sites (tertiary alicyclic amines) is 1. The number of hydrogen-bond donors (Lipinski definition) is 1. The maximum atomic E-state index is 9.17. The fourth-order valence-corrected chi connectivity index (χ4v) is 3.64. The topological polar surface area (TPSA) is 49.5 Å². The second kappa shape index (κ2) is 6.26. The molecule has 3 heterocycles. The Hall–Kier alpha value is -0.880. The molecule has 0 aromatic carbocycles. The Morgan fingerprint density at radius 3 is 2.85 bits per heavy atom. The molecule has 1 N–H and O–H groups in total. The number of aliphatic hydroxyl groups excluding tert-OH is 1. The highest BCUT2D eigenvalue weighted by atomic mass is 35.5. The van der Waals surface area contributed by atoms with Gasteiger partial charge in [-0.05, 0) is 44.0 Å². The van der Waals surface area contributed by atoms with E-state index < -0.39 is 0 Å². The van der Waals surface area contributed by atoms with Gasteiger partial charge in [-0.3, -0.25) is 4.90 Å². The van der Waals surface area contributed by atoms with E-state index in [1.807, 2.05) is 12.1 Å². The van der Waals surface area contributed by atoms with Crippen molar-refractivity contribution in [2.45, 2.75) is 19.4 Å². The maximum Gasteiger partial charge on any atom is 0.181 e. The minimum atomic E-state index is 0.306. The molecule has 1 fully saturated rings. The molecule has 108 valence electrons. The number of hydrogen-bond acceptors (Lipinski definition) is 5. The average molecular weight is 313 g/mol. The van der Waals surface area contributed by atoms with Gasteiger partial charge in [0.25, 0.3) is 0 Å². The highest BCUT2D eigenvalue weighted by Gasteiger charge is 2.21. The number of aromatic nitrogens is 1. The van der Waals surface area contributed by atoms with Crippen molar-refractivity contribution in [1.82, 2.24) is 10.1 Å². The molecule has 0 amide bonds. The zero-order chi connectivity index (χ0) is 13.9. The summed E-state index contributed by atoms with van der Waals surface area (Å²) in [4.78, 5) is 3.41. The minimum absolute atomic E-state index is 0.306. The lowest BCUT2D eigenvalue weighted by Gasteiger charge is -2.30. The molecule has 1 saturated heterocycles. The summed E-state index contributed by atoms with van der Waals surface area (Å²) in [6.45, 7) is 3.18. The Kier molecular flexibility index (Phi) is 4.41. The molecular weight excluding hydrogens is 296 g/mol. The van der Waals surface area contributed by atoms with E-state index in [0.29, 0.717) is 12.5 Å². The first-order valence-electron chi connectivity index (χ1n) is 6.78. The van der Waals surface area contributed by atoms with Gasteiger partial charge in [-0.15, -0.1) is 11.3 Å². The first-order chi connectivity index (χ1) is 9.76. The van der Waals surface area contributed by atoms with Crippen LogP contribution in [0.25, 0.3) is 10.6 Å².